The lowest BCUT2D eigenvalue weighted by Crippen LogP contribution is -2.47. The highest BCUT2D eigenvalue weighted by Crippen LogP contribution is 2.31. The van der Waals surface area contributed by atoms with Crippen molar-refractivity contribution < 1.29 is 14.7 Å². The zero-order valence-electron chi connectivity index (χ0n) is 11.2. The van der Waals surface area contributed by atoms with E-state index in [0.29, 0.717) is 19.4 Å². The second kappa shape index (κ2) is 6.86. The van der Waals surface area contributed by atoms with Crippen LogP contribution < -0.4 is 10.6 Å². The van der Waals surface area contributed by atoms with E-state index < -0.39 is 11.9 Å². The smallest absolute Gasteiger partial charge is 0.307 e. The number of amides is 1. The van der Waals surface area contributed by atoms with Crippen molar-refractivity contribution in [1.82, 2.24) is 15.5 Å². The van der Waals surface area contributed by atoms with E-state index in [1.165, 1.54) is 0 Å². The number of carbonyl (C=O) groups excluding carboxylic acids is 1. The van der Waals surface area contributed by atoms with E-state index in [4.69, 9.17) is 5.11 Å². The van der Waals surface area contributed by atoms with Crippen molar-refractivity contribution in [1.29, 1.82) is 0 Å². The van der Waals surface area contributed by atoms with Crippen LogP contribution in [0.2, 0.25) is 0 Å². The van der Waals surface area contributed by atoms with Gasteiger partial charge in [0, 0.05) is 39.3 Å². The largest absolute Gasteiger partial charge is 0.481 e. The number of hydrogen-bond acceptors (Lipinski definition) is 4. The molecule has 1 aliphatic carbocycles. The van der Waals surface area contributed by atoms with Crippen molar-refractivity contribution in [3.05, 3.63) is 0 Å². The van der Waals surface area contributed by atoms with Gasteiger partial charge < -0.3 is 15.7 Å². The predicted molar refractivity (Wildman–Crippen MR) is 70.8 cm³/mol. The molecule has 6 heteroatoms. The number of piperazine rings is 1. The third kappa shape index (κ3) is 3.91. The summed E-state index contributed by atoms with van der Waals surface area (Å²) in [5.74, 6) is -1.74. The zero-order chi connectivity index (χ0) is 13.7. The molecule has 6 nitrogen and oxygen atoms in total. The summed E-state index contributed by atoms with van der Waals surface area (Å²) in [6, 6.07) is 0. The summed E-state index contributed by atoms with van der Waals surface area (Å²) < 4.78 is 0. The molecule has 108 valence electrons. The molecule has 0 radical (unpaired) electrons. The predicted octanol–water partition coefficient (Wildman–Crippen LogP) is -0.491. The molecule has 1 amide bonds. The van der Waals surface area contributed by atoms with Gasteiger partial charge in [-0.05, 0) is 12.8 Å². The molecule has 1 aliphatic heterocycles. The minimum atomic E-state index is -0.834. The van der Waals surface area contributed by atoms with Crippen molar-refractivity contribution in [3.63, 3.8) is 0 Å². The molecule has 2 fully saturated rings. The number of aliphatic carboxylic acids is 1. The molecule has 2 unspecified atom stereocenters. The van der Waals surface area contributed by atoms with Crippen LogP contribution in [0.1, 0.15) is 19.3 Å². The van der Waals surface area contributed by atoms with Crippen LogP contribution in [-0.4, -0.2) is 61.2 Å². The van der Waals surface area contributed by atoms with Gasteiger partial charge in [-0.2, -0.15) is 0 Å². The number of nitrogens with one attached hydrogen (secondary N) is 2. The molecule has 0 aromatic rings. The van der Waals surface area contributed by atoms with Gasteiger partial charge >= 0.3 is 5.97 Å². The topological polar surface area (TPSA) is 81.7 Å². The van der Waals surface area contributed by atoms with E-state index >= 15 is 0 Å². The Bertz CT molecular complexity index is 329. The molecular weight excluding hydrogens is 246 g/mol. The van der Waals surface area contributed by atoms with E-state index in [0.717, 1.165) is 39.1 Å². The first-order valence-electron chi connectivity index (χ1n) is 7.12. The van der Waals surface area contributed by atoms with Crippen molar-refractivity contribution in [2.45, 2.75) is 19.3 Å². The number of rotatable bonds is 5. The minimum Gasteiger partial charge on any atom is -0.481 e. The Morgan fingerprint density at radius 3 is 2.58 bits per heavy atom. The van der Waals surface area contributed by atoms with Crippen molar-refractivity contribution in [3.8, 4) is 0 Å². The van der Waals surface area contributed by atoms with E-state index in [-0.39, 0.29) is 11.8 Å². The normalized spacial score (nSPS) is 28.2. The van der Waals surface area contributed by atoms with Crippen LogP contribution >= 0.6 is 0 Å². The van der Waals surface area contributed by atoms with Crippen LogP contribution in [0.4, 0.5) is 0 Å². The van der Waals surface area contributed by atoms with E-state index in [2.05, 4.69) is 15.5 Å². The first-order valence-corrected chi connectivity index (χ1v) is 7.12. The third-order valence-electron chi connectivity index (χ3n) is 4.11. The van der Waals surface area contributed by atoms with Gasteiger partial charge in [-0.25, -0.2) is 0 Å². The first kappa shape index (κ1) is 14.3. The number of nitrogens with zero attached hydrogens (tertiary/aromatic N) is 1. The first-order chi connectivity index (χ1) is 9.18. The average molecular weight is 269 g/mol. The molecule has 3 N–H and O–H groups in total. The third-order valence-corrected chi connectivity index (χ3v) is 4.11. The lowest BCUT2D eigenvalue weighted by Gasteiger charge is -2.27. The summed E-state index contributed by atoms with van der Waals surface area (Å²) in [6.45, 7) is 5.48. The maximum atomic E-state index is 12.0. The highest BCUT2D eigenvalue weighted by atomic mass is 16.4. The standard InChI is InChI=1S/C13H23N3O3/c17-12(10-2-1-3-11(10)13(18)19)15-6-9-16-7-4-14-5-8-16/h10-11,14H,1-9H2,(H,15,17)(H,18,19). The van der Waals surface area contributed by atoms with Crippen molar-refractivity contribution in [2.24, 2.45) is 11.8 Å². The van der Waals surface area contributed by atoms with Gasteiger partial charge in [0.15, 0.2) is 0 Å². The maximum Gasteiger partial charge on any atom is 0.307 e. The Balaban J connectivity index is 1.70. The molecule has 1 saturated heterocycles. The Morgan fingerprint density at radius 1 is 1.21 bits per heavy atom. The van der Waals surface area contributed by atoms with Crippen LogP contribution in [0, 0.1) is 11.8 Å². The Kier molecular flexibility index (Phi) is 5.15. The van der Waals surface area contributed by atoms with Gasteiger partial charge in [0.1, 0.15) is 0 Å². The summed E-state index contributed by atoms with van der Waals surface area (Å²) in [7, 11) is 0. The van der Waals surface area contributed by atoms with Gasteiger partial charge in [-0.15, -0.1) is 0 Å². The van der Waals surface area contributed by atoms with E-state index in [1.54, 1.807) is 0 Å². The number of carboxylic acid groups (broad SMARTS) is 1. The number of hydrogen-bond donors (Lipinski definition) is 3. The van der Waals surface area contributed by atoms with Crippen molar-refractivity contribution >= 4 is 11.9 Å². The summed E-state index contributed by atoms with van der Waals surface area (Å²) in [5, 5.41) is 15.2. The molecule has 2 aliphatic rings. The van der Waals surface area contributed by atoms with Gasteiger partial charge in [0.25, 0.3) is 0 Å². The van der Waals surface area contributed by atoms with Crippen LogP contribution in [0.3, 0.4) is 0 Å². The quantitative estimate of drug-likeness (QED) is 0.627. The molecule has 19 heavy (non-hydrogen) atoms. The Hall–Kier alpha value is -1.14. The van der Waals surface area contributed by atoms with Gasteiger partial charge in [0.2, 0.25) is 5.91 Å². The average Bonchev–Trinajstić information content (AvgIpc) is 2.89. The molecule has 1 heterocycles. The molecule has 0 bridgehead atoms. The molecule has 2 atom stereocenters. The fourth-order valence-electron chi connectivity index (χ4n) is 2.97. The fraction of sp³-hybridized carbons (Fsp3) is 0.846. The number of carbonyl (C=O) groups is 2. The molecule has 2 rings (SSSR count). The van der Waals surface area contributed by atoms with Crippen LogP contribution in [0.5, 0.6) is 0 Å². The SMILES string of the molecule is O=C(O)C1CCCC1C(=O)NCCN1CCNCC1. The summed E-state index contributed by atoms with van der Waals surface area (Å²) >= 11 is 0. The van der Waals surface area contributed by atoms with Gasteiger partial charge in [0.05, 0.1) is 11.8 Å². The Labute approximate surface area is 113 Å². The molecule has 0 aromatic carbocycles. The molecule has 0 spiro atoms. The second-order valence-corrected chi connectivity index (χ2v) is 5.36. The van der Waals surface area contributed by atoms with E-state index in [1.807, 2.05) is 0 Å². The molecular formula is C13H23N3O3. The maximum absolute atomic E-state index is 12.0. The zero-order valence-corrected chi connectivity index (χ0v) is 11.2. The molecule has 0 aromatic heterocycles. The van der Waals surface area contributed by atoms with Crippen LogP contribution in [0.25, 0.3) is 0 Å². The fourth-order valence-corrected chi connectivity index (χ4v) is 2.97. The lowest BCUT2D eigenvalue weighted by atomic mass is 9.95. The van der Waals surface area contributed by atoms with Gasteiger partial charge in [-0.3, -0.25) is 14.5 Å². The van der Waals surface area contributed by atoms with Crippen molar-refractivity contribution in [2.75, 3.05) is 39.3 Å². The minimum absolute atomic E-state index is 0.0833. The summed E-state index contributed by atoms with van der Waals surface area (Å²) in [6.07, 6.45) is 2.18. The van der Waals surface area contributed by atoms with Crippen LogP contribution in [0.15, 0.2) is 0 Å². The van der Waals surface area contributed by atoms with E-state index in [9.17, 15) is 9.59 Å². The monoisotopic (exact) mass is 269 g/mol. The Morgan fingerprint density at radius 2 is 1.89 bits per heavy atom. The van der Waals surface area contributed by atoms with Gasteiger partial charge in [-0.1, -0.05) is 6.42 Å². The second-order valence-electron chi connectivity index (χ2n) is 5.36. The highest BCUT2D eigenvalue weighted by molar-refractivity contribution is 5.85. The number of carboxylic acids is 1. The highest BCUT2D eigenvalue weighted by Gasteiger charge is 2.37. The van der Waals surface area contributed by atoms with Crippen LogP contribution in [-0.2, 0) is 9.59 Å². The summed E-state index contributed by atoms with van der Waals surface area (Å²) in [4.78, 5) is 25.3. The summed E-state index contributed by atoms with van der Waals surface area (Å²) in [5.41, 5.74) is 0. The lowest BCUT2D eigenvalue weighted by molar-refractivity contribution is -0.146. The molecule has 1 saturated carbocycles.